The zero-order valence-corrected chi connectivity index (χ0v) is 20.0. The van der Waals surface area contributed by atoms with E-state index in [1.54, 1.807) is 6.92 Å². The van der Waals surface area contributed by atoms with Crippen molar-refractivity contribution in [3.8, 4) is 0 Å². The number of esters is 1. The lowest BCUT2D eigenvalue weighted by molar-refractivity contribution is -0.131. The van der Waals surface area contributed by atoms with Crippen LogP contribution < -0.4 is 5.56 Å². The number of aromatic amines is 1. The van der Waals surface area contributed by atoms with Gasteiger partial charge >= 0.3 is 5.97 Å². The fourth-order valence-electron chi connectivity index (χ4n) is 4.32. The monoisotopic (exact) mass is 477 g/mol. The Morgan fingerprint density at radius 2 is 1.76 bits per heavy atom. The summed E-state index contributed by atoms with van der Waals surface area (Å²) in [5.74, 6) is 0.338. The minimum Gasteiger partial charge on any atom is -0.459 e. The van der Waals surface area contributed by atoms with Crippen LogP contribution >= 0.6 is 11.3 Å². The molecule has 0 aliphatic carbocycles. The maximum Gasteiger partial charge on any atom is 0.348 e. The highest BCUT2D eigenvalue weighted by Crippen LogP contribution is 2.27. The lowest BCUT2D eigenvalue weighted by Crippen LogP contribution is -2.49. The molecule has 2 aromatic heterocycles. The summed E-state index contributed by atoms with van der Waals surface area (Å²) in [5.41, 5.74) is 0.350. The molecule has 2 aromatic rings. The summed E-state index contributed by atoms with van der Waals surface area (Å²) in [5, 5.41) is 0.438. The highest BCUT2D eigenvalue weighted by atomic mass is 32.1. The first-order chi connectivity index (χ1) is 16.0. The standard InChI is InChI=1S/C22H31N5O5S/c1-15-18-20(29)23-16(24-21(18)33-19(15)22(30)32-12-11-31-2)13-25-7-9-26(10-8-25)14-17(28)27-5-3-4-6-27/h3-14H2,1-2H3,(H,23,24,29). The molecule has 2 fully saturated rings. The quantitative estimate of drug-likeness (QED) is 0.440. The van der Waals surface area contributed by atoms with E-state index in [0.29, 0.717) is 46.2 Å². The van der Waals surface area contributed by atoms with Crippen LogP contribution in [0.15, 0.2) is 4.79 Å². The molecule has 4 rings (SSSR count). The fraction of sp³-hybridized carbons (Fsp3) is 0.636. The third-order valence-corrected chi connectivity index (χ3v) is 7.38. The Bertz CT molecular complexity index is 1050. The molecular weight excluding hydrogens is 446 g/mol. The second kappa shape index (κ2) is 10.7. The molecule has 180 valence electrons. The van der Waals surface area contributed by atoms with Gasteiger partial charge in [-0.25, -0.2) is 9.78 Å². The summed E-state index contributed by atoms with van der Waals surface area (Å²) in [6.07, 6.45) is 2.21. The molecule has 1 amide bonds. The van der Waals surface area contributed by atoms with E-state index in [1.807, 2.05) is 4.90 Å². The van der Waals surface area contributed by atoms with Crippen LogP contribution in [0.1, 0.15) is 33.9 Å². The highest BCUT2D eigenvalue weighted by Gasteiger charge is 2.25. The van der Waals surface area contributed by atoms with Crippen molar-refractivity contribution in [3.05, 3.63) is 26.6 Å². The van der Waals surface area contributed by atoms with Crippen LogP contribution in [0.4, 0.5) is 0 Å². The van der Waals surface area contributed by atoms with E-state index in [2.05, 4.69) is 19.8 Å². The summed E-state index contributed by atoms with van der Waals surface area (Å²) in [7, 11) is 1.54. The molecule has 0 spiro atoms. The van der Waals surface area contributed by atoms with Gasteiger partial charge in [0, 0.05) is 46.4 Å². The molecule has 10 nitrogen and oxygen atoms in total. The Balaban J connectivity index is 1.36. The molecule has 2 saturated heterocycles. The number of hydrogen-bond acceptors (Lipinski definition) is 9. The van der Waals surface area contributed by atoms with Crippen LogP contribution in [0.5, 0.6) is 0 Å². The van der Waals surface area contributed by atoms with Crippen molar-refractivity contribution in [3.63, 3.8) is 0 Å². The van der Waals surface area contributed by atoms with Gasteiger partial charge in [0.1, 0.15) is 22.1 Å². The summed E-state index contributed by atoms with van der Waals surface area (Å²) >= 11 is 1.18. The van der Waals surface area contributed by atoms with E-state index in [4.69, 9.17) is 9.47 Å². The van der Waals surface area contributed by atoms with Gasteiger partial charge < -0.3 is 19.4 Å². The minimum absolute atomic E-state index is 0.160. The molecule has 11 heteroatoms. The second-order valence-electron chi connectivity index (χ2n) is 8.52. The first-order valence-corrected chi connectivity index (χ1v) is 12.2. The first-order valence-electron chi connectivity index (χ1n) is 11.4. The number of thiophene rings is 1. The van der Waals surface area contributed by atoms with E-state index >= 15 is 0 Å². The summed E-state index contributed by atoms with van der Waals surface area (Å²) in [6, 6.07) is 0. The topological polar surface area (TPSA) is 108 Å². The molecule has 0 radical (unpaired) electrons. The number of nitrogens with one attached hydrogen (secondary N) is 1. The van der Waals surface area contributed by atoms with Crippen LogP contribution in [0.25, 0.3) is 10.2 Å². The second-order valence-corrected chi connectivity index (χ2v) is 9.52. The SMILES string of the molecule is COCCOC(=O)c1sc2nc(CN3CCN(CC(=O)N4CCCC4)CC3)[nH]c(=O)c2c1C. The average Bonchev–Trinajstić information content (AvgIpc) is 3.44. The third kappa shape index (κ3) is 5.60. The zero-order valence-electron chi connectivity index (χ0n) is 19.2. The van der Waals surface area contributed by atoms with Crippen molar-refractivity contribution in [2.45, 2.75) is 26.3 Å². The van der Waals surface area contributed by atoms with Gasteiger partial charge in [-0.3, -0.25) is 19.4 Å². The number of fused-ring (bicyclic) bond motifs is 1. The maximum absolute atomic E-state index is 12.7. The van der Waals surface area contributed by atoms with Crippen LogP contribution in [-0.2, 0) is 20.8 Å². The number of methoxy groups -OCH3 is 1. The van der Waals surface area contributed by atoms with Gasteiger partial charge in [0.25, 0.3) is 5.56 Å². The molecule has 0 bridgehead atoms. The normalized spacial score (nSPS) is 17.7. The number of aromatic nitrogens is 2. The lowest BCUT2D eigenvalue weighted by atomic mass is 10.2. The first kappa shape index (κ1) is 23.8. The summed E-state index contributed by atoms with van der Waals surface area (Å²) in [6.45, 7) is 8.20. The maximum atomic E-state index is 12.7. The molecule has 33 heavy (non-hydrogen) atoms. The van der Waals surface area contributed by atoms with Crippen LogP contribution in [0.3, 0.4) is 0 Å². The minimum atomic E-state index is -0.465. The number of likely N-dealkylation sites (tertiary alicyclic amines) is 1. The molecule has 2 aliphatic rings. The Morgan fingerprint density at radius 3 is 2.45 bits per heavy atom. The predicted octanol–water partition coefficient (Wildman–Crippen LogP) is 0.836. The van der Waals surface area contributed by atoms with Gasteiger partial charge in [-0.05, 0) is 25.3 Å². The number of hydrogen-bond donors (Lipinski definition) is 1. The van der Waals surface area contributed by atoms with Gasteiger partial charge in [0.2, 0.25) is 5.91 Å². The van der Waals surface area contributed by atoms with Gasteiger partial charge in [-0.2, -0.15) is 0 Å². The van der Waals surface area contributed by atoms with Crippen molar-refractivity contribution in [2.24, 2.45) is 0 Å². The molecule has 0 atom stereocenters. The van der Waals surface area contributed by atoms with Gasteiger partial charge in [0.15, 0.2) is 0 Å². The zero-order chi connectivity index (χ0) is 23.4. The molecule has 0 unspecified atom stereocenters. The third-order valence-electron chi connectivity index (χ3n) is 6.21. The van der Waals surface area contributed by atoms with E-state index in [0.717, 1.165) is 52.1 Å². The number of piperazine rings is 1. The Kier molecular flexibility index (Phi) is 7.74. The van der Waals surface area contributed by atoms with Crippen LogP contribution in [0, 0.1) is 6.92 Å². The molecule has 1 N–H and O–H groups in total. The predicted molar refractivity (Wildman–Crippen MR) is 125 cm³/mol. The lowest BCUT2D eigenvalue weighted by Gasteiger charge is -2.34. The Morgan fingerprint density at radius 1 is 1.06 bits per heavy atom. The number of ether oxygens (including phenoxy) is 2. The highest BCUT2D eigenvalue weighted by molar-refractivity contribution is 7.20. The molecule has 4 heterocycles. The summed E-state index contributed by atoms with van der Waals surface area (Å²) in [4.78, 5) is 52.3. The molecule has 0 saturated carbocycles. The smallest absolute Gasteiger partial charge is 0.348 e. The van der Waals surface area contributed by atoms with Crippen molar-refractivity contribution in [1.82, 2.24) is 24.7 Å². The molecular formula is C22H31N5O5S. The van der Waals surface area contributed by atoms with E-state index in [9.17, 15) is 14.4 Å². The number of rotatable bonds is 8. The number of carbonyl (C=O) groups excluding carboxylic acids is 2. The van der Waals surface area contributed by atoms with Crippen molar-refractivity contribution < 1.29 is 19.1 Å². The van der Waals surface area contributed by atoms with Gasteiger partial charge in [0.05, 0.1) is 25.1 Å². The number of amides is 1. The number of nitrogens with zero attached hydrogens (tertiary/aromatic N) is 4. The van der Waals surface area contributed by atoms with Crippen LogP contribution in [-0.4, -0.2) is 103 Å². The number of H-pyrrole nitrogens is 1. The van der Waals surface area contributed by atoms with Crippen molar-refractivity contribution >= 4 is 33.4 Å². The Hall–Kier alpha value is -2.34. The van der Waals surface area contributed by atoms with Crippen LogP contribution in [0.2, 0.25) is 0 Å². The van der Waals surface area contributed by atoms with Gasteiger partial charge in [-0.15, -0.1) is 11.3 Å². The largest absolute Gasteiger partial charge is 0.459 e. The Labute approximate surface area is 196 Å². The van der Waals surface area contributed by atoms with E-state index in [-0.39, 0.29) is 18.1 Å². The van der Waals surface area contributed by atoms with Crippen molar-refractivity contribution in [1.29, 1.82) is 0 Å². The summed E-state index contributed by atoms with van der Waals surface area (Å²) < 4.78 is 10.1. The molecule has 0 aromatic carbocycles. The van der Waals surface area contributed by atoms with E-state index < -0.39 is 5.97 Å². The van der Waals surface area contributed by atoms with Gasteiger partial charge in [-0.1, -0.05) is 0 Å². The fourth-order valence-corrected chi connectivity index (χ4v) is 5.41. The van der Waals surface area contributed by atoms with E-state index in [1.165, 1.54) is 18.4 Å². The molecule has 2 aliphatic heterocycles. The van der Waals surface area contributed by atoms with Crippen molar-refractivity contribution in [2.75, 3.05) is 66.1 Å². The number of aryl methyl sites for hydroxylation is 1. The number of carbonyl (C=O) groups is 2. The average molecular weight is 478 g/mol.